The number of phenols is 1. The van der Waals surface area contributed by atoms with E-state index in [1.54, 1.807) is 42.5 Å². The lowest BCUT2D eigenvalue weighted by Crippen LogP contribution is -1.98. The Morgan fingerprint density at radius 3 is 2.55 bits per heavy atom. The molecule has 162 valence electrons. The van der Waals surface area contributed by atoms with E-state index in [4.69, 9.17) is 10.2 Å². The molecule has 0 bridgehead atoms. The maximum atomic E-state index is 10.8. The van der Waals surface area contributed by atoms with E-state index in [1.807, 2.05) is 0 Å². The number of aromatic nitrogens is 3. The summed E-state index contributed by atoms with van der Waals surface area (Å²) in [5.41, 5.74) is 8.48. The molecular formula is C22H15N7O4. The Labute approximate surface area is 185 Å². The van der Waals surface area contributed by atoms with Crippen LogP contribution in [0.4, 0.5) is 22.9 Å². The Bertz CT molecular complexity index is 1510. The normalized spacial score (nSPS) is 11.4. The van der Waals surface area contributed by atoms with Crippen molar-refractivity contribution in [3.05, 3.63) is 83.1 Å². The fourth-order valence-electron chi connectivity index (χ4n) is 3.30. The van der Waals surface area contributed by atoms with Crippen LogP contribution in [0.2, 0.25) is 0 Å². The largest absolute Gasteiger partial charge is 0.507 e. The van der Waals surface area contributed by atoms with Gasteiger partial charge < -0.3 is 15.3 Å². The molecule has 0 aliphatic heterocycles. The van der Waals surface area contributed by atoms with E-state index in [2.05, 4.69) is 20.3 Å². The molecule has 0 spiro atoms. The molecule has 0 saturated heterocycles. The third kappa shape index (κ3) is 3.63. The number of benzene rings is 2. The van der Waals surface area contributed by atoms with Crippen LogP contribution in [-0.4, -0.2) is 24.6 Å². The minimum atomic E-state index is -0.495. The average molecular weight is 441 g/mol. The summed E-state index contributed by atoms with van der Waals surface area (Å²) in [6.07, 6.45) is 1.53. The molecular weight excluding hydrogens is 426 g/mol. The molecule has 0 fully saturated rings. The van der Waals surface area contributed by atoms with Gasteiger partial charge >= 0.3 is 0 Å². The molecule has 3 heterocycles. The number of nitro groups is 1. The molecule has 11 nitrogen and oxygen atoms in total. The minimum Gasteiger partial charge on any atom is -0.507 e. The van der Waals surface area contributed by atoms with Crippen LogP contribution in [0.1, 0.15) is 0 Å². The van der Waals surface area contributed by atoms with E-state index in [1.165, 1.54) is 35.0 Å². The molecule has 5 aromatic rings. The first-order valence-electron chi connectivity index (χ1n) is 9.69. The van der Waals surface area contributed by atoms with Crippen molar-refractivity contribution in [2.45, 2.75) is 0 Å². The first-order valence-corrected chi connectivity index (χ1v) is 9.69. The highest BCUT2D eigenvalue weighted by Gasteiger charge is 2.20. The molecule has 3 N–H and O–H groups in total. The van der Waals surface area contributed by atoms with Gasteiger partial charge in [-0.15, -0.1) is 10.2 Å². The zero-order valence-electron chi connectivity index (χ0n) is 16.9. The number of nitrogen functional groups attached to an aromatic ring is 1. The van der Waals surface area contributed by atoms with Gasteiger partial charge in [-0.2, -0.15) is 5.11 Å². The first kappa shape index (κ1) is 19.9. The van der Waals surface area contributed by atoms with Gasteiger partial charge in [0.15, 0.2) is 22.9 Å². The van der Waals surface area contributed by atoms with E-state index in [0.717, 1.165) is 0 Å². The number of phenolic OH excluding ortho intramolecular Hbond substituents is 1. The second-order valence-corrected chi connectivity index (χ2v) is 6.96. The van der Waals surface area contributed by atoms with Gasteiger partial charge in [-0.1, -0.05) is 12.1 Å². The van der Waals surface area contributed by atoms with Crippen LogP contribution in [0.15, 0.2) is 87.6 Å². The summed E-state index contributed by atoms with van der Waals surface area (Å²) in [4.78, 5) is 15.0. The number of hydrogen-bond acceptors (Lipinski definition) is 9. The van der Waals surface area contributed by atoms with E-state index < -0.39 is 4.92 Å². The highest BCUT2D eigenvalue weighted by Crippen LogP contribution is 2.36. The van der Waals surface area contributed by atoms with Crippen molar-refractivity contribution in [2.24, 2.45) is 10.2 Å². The van der Waals surface area contributed by atoms with Crippen molar-refractivity contribution in [1.82, 2.24) is 14.6 Å². The average Bonchev–Trinajstić information content (AvgIpc) is 3.45. The lowest BCUT2D eigenvalue weighted by molar-refractivity contribution is -0.384. The number of nitrogens with two attached hydrogens (primary N) is 1. The van der Waals surface area contributed by atoms with Crippen molar-refractivity contribution in [1.29, 1.82) is 0 Å². The third-order valence-corrected chi connectivity index (χ3v) is 4.87. The second kappa shape index (κ2) is 7.89. The number of hydrogen-bond donors (Lipinski definition) is 2. The summed E-state index contributed by atoms with van der Waals surface area (Å²) in [5, 5.41) is 33.9. The number of anilines is 1. The molecule has 11 heteroatoms. The topological polar surface area (TPSA) is 157 Å². The maximum absolute atomic E-state index is 10.8. The summed E-state index contributed by atoms with van der Waals surface area (Å²) in [6.45, 7) is 0. The molecule has 0 amide bonds. The van der Waals surface area contributed by atoms with Gasteiger partial charge in [0.05, 0.1) is 22.6 Å². The number of nitro benzene ring substituents is 1. The smallest absolute Gasteiger partial charge is 0.269 e. The van der Waals surface area contributed by atoms with Gasteiger partial charge in [0.1, 0.15) is 11.4 Å². The third-order valence-electron chi connectivity index (χ3n) is 4.87. The zero-order chi connectivity index (χ0) is 22.9. The molecule has 0 saturated carbocycles. The summed E-state index contributed by atoms with van der Waals surface area (Å²) in [5.74, 6) is 0.650. The van der Waals surface area contributed by atoms with Crippen LogP contribution in [-0.2, 0) is 0 Å². The number of aromatic hydroxyl groups is 1. The van der Waals surface area contributed by atoms with Crippen molar-refractivity contribution in [3.8, 4) is 28.5 Å². The van der Waals surface area contributed by atoms with Crippen LogP contribution >= 0.6 is 0 Å². The van der Waals surface area contributed by atoms with Gasteiger partial charge in [-0.3, -0.25) is 10.1 Å². The summed E-state index contributed by atoms with van der Waals surface area (Å²) < 4.78 is 7.04. The molecule has 33 heavy (non-hydrogen) atoms. The number of furan rings is 1. The van der Waals surface area contributed by atoms with Gasteiger partial charge in [-0.05, 0) is 42.5 Å². The number of nitrogens with zero attached hydrogens (tertiary/aromatic N) is 6. The van der Waals surface area contributed by atoms with Crippen LogP contribution in [0.5, 0.6) is 5.75 Å². The molecule has 0 aliphatic carbocycles. The molecule has 2 aromatic carbocycles. The van der Waals surface area contributed by atoms with E-state index in [0.29, 0.717) is 34.0 Å². The Morgan fingerprint density at radius 1 is 1.06 bits per heavy atom. The Morgan fingerprint density at radius 2 is 1.85 bits per heavy atom. The molecule has 3 aromatic heterocycles. The van der Waals surface area contributed by atoms with E-state index in [-0.39, 0.29) is 22.9 Å². The van der Waals surface area contributed by atoms with Gasteiger partial charge in [0, 0.05) is 17.7 Å². The lowest BCUT2D eigenvalue weighted by Gasteiger charge is -2.08. The van der Waals surface area contributed by atoms with Gasteiger partial charge in [0.2, 0.25) is 0 Å². The number of para-hydroxylation sites is 1. The lowest BCUT2D eigenvalue weighted by atomic mass is 10.1. The summed E-state index contributed by atoms with van der Waals surface area (Å²) in [6, 6.07) is 17.6. The summed E-state index contributed by atoms with van der Waals surface area (Å²) >= 11 is 0. The summed E-state index contributed by atoms with van der Waals surface area (Å²) in [7, 11) is 0. The standard InChI is InChI=1S/C22H15N7O4/c23-21-20(26-25-13-7-9-14(10-8-13)29(31)32)22-24-16(15-4-1-2-5-18(15)30)12-17(28(22)27-21)19-6-3-11-33-19/h1-12,30H,(H2,23,27). The minimum absolute atomic E-state index is 0.0542. The van der Waals surface area contributed by atoms with E-state index >= 15 is 0 Å². The molecule has 5 rings (SSSR count). The predicted octanol–water partition coefficient (Wildman–Crippen LogP) is 5.27. The van der Waals surface area contributed by atoms with Crippen LogP contribution in [0.25, 0.3) is 28.4 Å². The number of azo groups is 1. The predicted molar refractivity (Wildman–Crippen MR) is 119 cm³/mol. The fraction of sp³-hybridized carbons (Fsp3) is 0. The molecule has 0 unspecified atom stereocenters. The number of non-ortho nitro benzene ring substituents is 1. The quantitative estimate of drug-likeness (QED) is 0.214. The van der Waals surface area contributed by atoms with Crippen LogP contribution in [0.3, 0.4) is 0 Å². The van der Waals surface area contributed by atoms with Gasteiger partial charge in [-0.25, -0.2) is 9.50 Å². The monoisotopic (exact) mass is 441 g/mol. The van der Waals surface area contributed by atoms with Crippen LogP contribution in [0, 0.1) is 10.1 Å². The Kier molecular flexibility index (Phi) is 4.75. The zero-order valence-corrected chi connectivity index (χ0v) is 16.9. The number of rotatable bonds is 5. The molecule has 0 atom stereocenters. The highest BCUT2D eigenvalue weighted by molar-refractivity contribution is 5.81. The first-order chi connectivity index (χ1) is 16.0. The van der Waals surface area contributed by atoms with Crippen LogP contribution < -0.4 is 5.73 Å². The van der Waals surface area contributed by atoms with Crippen molar-refractivity contribution in [2.75, 3.05) is 5.73 Å². The molecule has 0 aliphatic rings. The van der Waals surface area contributed by atoms with E-state index in [9.17, 15) is 15.2 Å². The highest BCUT2D eigenvalue weighted by atomic mass is 16.6. The maximum Gasteiger partial charge on any atom is 0.269 e. The molecule has 0 radical (unpaired) electrons. The Balaban J connectivity index is 1.67. The van der Waals surface area contributed by atoms with Crippen molar-refractivity contribution >= 4 is 28.5 Å². The van der Waals surface area contributed by atoms with Crippen molar-refractivity contribution < 1.29 is 14.4 Å². The van der Waals surface area contributed by atoms with Gasteiger partial charge in [0.25, 0.3) is 5.69 Å². The number of fused-ring (bicyclic) bond motifs is 1. The Hall–Kier alpha value is -5.06. The SMILES string of the molecule is Nc1nn2c(-c3ccco3)cc(-c3ccccc3O)nc2c1N=Nc1ccc([N+](=O)[O-])cc1. The second-order valence-electron chi connectivity index (χ2n) is 6.96. The fourth-order valence-corrected chi connectivity index (χ4v) is 3.30. The van der Waals surface area contributed by atoms with Crippen molar-refractivity contribution in [3.63, 3.8) is 0 Å².